The summed E-state index contributed by atoms with van der Waals surface area (Å²) in [5.74, 6) is -5.20. The normalized spacial score (nSPS) is 16.0. The summed E-state index contributed by atoms with van der Waals surface area (Å²) in [5, 5.41) is 34.6. The van der Waals surface area contributed by atoms with Crippen LogP contribution in [0.5, 0.6) is 0 Å². The maximum atomic E-state index is 12.4. The van der Waals surface area contributed by atoms with E-state index < -0.39 is 72.4 Å². The first-order valence-corrected chi connectivity index (χ1v) is 9.28. The summed E-state index contributed by atoms with van der Waals surface area (Å²) in [4.78, 5) is 58.8. The van der Waals surface area contributed by atoms with E-state index in [9.17, 15) is 34.2 Å². The van der Waals surface area contributed by atoms with Crippen LogP contribution in [0.2, 0.25) is 0 Å². The Morgan fingerprint density at radius 3 is 1.83 bits per heavy atom. The molecule has 4 amide bonds. The second kappa shape index (κ2) is 12.7. The van der Waals surface area contributed by atoms with E-state index in [4.69, 9.17) is 16.6 Å². The summed E-state index contributed by atoms with van der Waals surface area (Å²) < 4.78 is 0. The van der Waals surface area contributed by atoms with Gasteiger partial charge in [0.05, 0.1) is 18.8 Å². The average molecular weight is 433 g/mol. The van der Waals surface area contributed by atoms with E-state index >= 15 is 0 Å². The second-order valence-electron chi connectivity index (χ2n) is 7.15. The van der Waals surface area contributed by atoms with E-state index in [0.717, 1.165) is 0 Å². The van der Waals surface area contributed by atoms with Crippen molar-refractivity contribution >= 4 is 29.6 Å². The van der Waals surface area contributed by atoms with Crippen LogP contribution in [-0.4, -0.2) is 81.8 Å². The van der Waals surface area contributed by atoms with Crippen molar-refractivity contribution in [3.63, 3.8) is 0 Å². The van der Waals surface area contributed by atoms with Gasteiger partial charge >= 0.3 is 5.97 Å². The molecule has 172 valence electrons. The Bertz CT molecular complexity index is 640. The molecule has 0 saturated carbocycles. The Labute approximate surface area is 173 Å². The fourth-order valence-corrected chi connectivity index (χ4v) is 2.32. The highest BCUT2D eigenvalue weighted by Gasteiger charge is 2.33. The zero-order valence-electron chi connectivity index (χ0n) is 17.1. The molecule has 0 rings (SSSR count). The average Bonchev–Trinajstić information content (AvgIpc) is 2.64. The van der Waals surface area contributed by atoms with Crippen molar-refractivity contribution < 1.29 is 39.3 Å². The number of aliphatic hydroxyl groups is 2. The monoisotopic (exact) mass is 433 g/mol. The minimum absolute atomic E-state index is 0.0616. The van der Waals surface area contributed by atoms with Crippen LogP contribution >= 0.6 is 0 Å². The van der Waals surface area contributed by atoms with Crippen molar-refractivity contribution in [1.82, 2.24) is 16.0 Å². The topological polar surface area (TPSA) is 234 Å². The van der Waals surface area contributed by atoms with E-state index in [2.05, 4.69) is 16.0 Å². The summed E-state index contributed by atoms with van der Waals surface area (Å²) in [5.41, 5.74) is 10.6. The number of primary amides is 1. The van der Waals surface area contributed by atoms with Crippen LogP contribution in [0, 0.1) is 5.92 Å². The summed E-state index contributed by atoms with van der Waals surface area (Å²) in [6, 6.07) is -5.40. The van der Waals surface area contributed by atoms with E-state index in [1.54, 1.807) is 13.8 Å². The molecule has 0 saturated heterocycles. The third kappa shape index (κ3) is 9.15. The molecule has 0 aromatic heterocycles. The molecule has 0 aliphatic heterocycles. The molecule has 10 N–H and O–H groups in total. The zero-order chi connectivity index (χ0) is 23.6. The van der Waals surface area contributed by atoms with Crippen LogP contribution < -0.4 is 27.4 Å². The lowest BCUT2D eigenvalue weighted by Crippen LogP contribution is -2.60. The maximum Gasteiger partial charge on any atom is 0.328 e. The Balaban J connectivity index is 5.13. The fraction of sp³-hybridized carbons (Fsp3) is 0.706. The number of carboxylic acids is 1. The summed E-state index contributed by atoms with van der Waals surface area (Å²) in [6.07, 6.45) is -1.59. The third-order valence-electron chi connectivity index (χ3n) is 4.15. The van der Waals surface area contributed by atoms with Crippen molar-refractivity contribution in [1.29, 1.82) is 0 Å². The Morgan fingerprint density at radius 1 is 0.900 bits per heavy atom. The van der Waals surface area contributed by atoms with Gasteiger partial charge in [-0.05, 0) is 19.3 Å². The molecule has 0 spiro atoms. The van der Waals surface area contributed by atoms with Crippen LogP contribution in [0.1, 0.15) is 33.6 Å². The van der Waals surface area contributed by atoms with Crippen molar-refractivity contribution in [2.24, 2.45) is 17.4 Å². The largest absolute Gasteiger partial charge is 0.480 e. The Kier molecular flexibility index (Phi) is 11.5. The zero-order valence-corrected chi connectivity index (χ0v) is 17.1. The SMILES string of the molecule is CC(C)C(NC(=O)C(CO)NC(=O)C(N)CCC(N)=O)C(=O)NC(C(=O)O)C(C)O. The number of carbonyl (C=O) groups excluding carboxylic acids is 4. The molecule has 0 aromatic rings. The molecule has 13 heteroatoms. The highest BCUT2D eigenvalue weighted by molar-refractivity contribution is 5.94. The maximum absolute atomic E-state index is 12.4. The predicted molar refractivity (Wildman–Crippen MR) is 103 cm³/mol. The number of aliphatic hydroxyl groups excluding tert-OH is 2. The number of hydrogen-bond donors (Lipinski definition) is 8. The highest BCUT2D eigenvalue weighted by Crippen LogP contribution is 2.05. The standard InChI is InChI=1S/C17H31N5O8/c1-7(2)12(16(28)22-13(8(3)24)17(29)30)21-15(27)10(6-23)20-14(26)9(18)4-5-11(19)25/h7-10,12-13,23-24H,4-6,18H2,1-3H3,(H2,19,25)(H,20,26)(H,21,27)(H,22,28)(H,29,30). The van der Waals surface area contributed by atoms with Gasteiger partial charge in [0, 0.05) is 6.42 Å². The molecular weight excluding hydrogens is 402 g/mol. The highest BCUT2D eigenvalue weighted by atomic mass is 16.4. The number of aliphatic carboxylic acids is 1. The summed E-state index contributed by atoms with van der Waals surface area (Å²) >= 11 is 0. The molecule has 0 heterocycles. The molecule has 0 bridgehead atoms. The van der Waals surface area contributed by atoms with Gasteiger partial charge in [-0.15, -0.1) is 0 Å². The van der Waals surface area contributed by atoms with Crippen molar-refractivity contribution in [2.45, 2.75) is 63.9 Å². The number of hydrogen-bond acceptors (Lipinski definition) is 8. The number of nitrogens with two attached hydrogens (primary N) is 2. The van der Waals surface area contributed by atoms with Gasteiger partial charge in [0.1, 0.15) is 12.1 Å². The quantitative estimate of drug-likeness (QED) is 0.142. The van der Waals surface area contributed by atoms with Gasteiger partial charge in [0.15, 0.2) is 6.04 Å². The van der Waals surface area contributed by atoms with E-state index in [-0.39, 0.29) is 12.8 Å². The predicted octanol–water partition coefficient (Wildman–Crippen LogP) is -3.85. The van der Waals surface area contributed by atoms with Gasteiger partial charge in [0.2, 0.25) is 23.6 Å². The summed E-state index contributed by atoms with van der Waals surface area (Å²) in [6.45, 7) is 3.53. The van der Waals surface area contributed by atoms with Gasteiger partial charge in [-0.25, -0.2) is 4.79 Å². The smallest absolute Gasteiger partial charge is 0.328 e. The molecule has 0 aromatic carbocycles. The van der Waals surface area contributed by atoms with E-state index in [0.29, 0.717) is 0 Å². The minimum atomic E-state index is -1.59. The first kappa shape index (κ1) is 27.2. The molecule has 13 nitrogen and oxygen atoms in total. The molecule has 0 fully saturated rings. The lowest BCUT2D eigenvalue weighted by atomic mass is 10.0. The summed E-state index contributed by atoms with van der Waals surface area (Å²) in [7, 11) is 0. The molecule has 0 aliphatic rings. The Hall–Kier alpha value is -2.77. The van der Waals surface area contributed by atoms with Gasteiger partial charge < -0.3 is 42.7 Å². The van der Waals surface area contributed by atoms with Crippen molar-refractivity contribution in [3.8, 4) is 0 Å². The number of carbonyl (C=O) groups is 5. The molecule has 0 radical (unpaired) electrons. The second-order valence-corrected chi connectivity index (χ2v) is 7.15. The molecule has 5 atom stereocenters. The van der Waals surface area contributed by atoms with E-state index in [1.807, 2.05) is 0 Å². The van der Waals surface area contributed by atoms with Crippen LogP contribution in [0.4, 0.5) is 0 Å². The Morgan fingerprint density at radius 2 is 1.43 bits per heavy atom. The first-order valence-electron chi connectivity index (χ1n) is 9.28. The van der Waals surface area contributed by atoms with Gasteiger partial charge in [-0.2, -0.15) is 0 Å². The number of amides is 4. The van der Waals surface area contributed by atoms with Gasteiger partial charge in [0.25, 0.3) is 0 Å². The van der Waals surface area contributed by atoms with Crippen molar-refractivity contribution in [3.05, 3.63) is 0 Å². The lowest BCUT2D eigenvalue weighted by Gasteiger charge is -2.27. The number of rotatable bonds is 13. The van der Waals surface area contributed by atoms with Crippen LogP contribution in [0.25, 0.3) is 0 Å². The van der Waals surface area contributed by atoms with Crippen LogP contribution in [0.3, 0.4) is 0 Å². The van der Waals surface area contributed by atoms with Crippen LogP contribution in [0.15, 0.2) is 0 Å². The lowest BCUT2D eigenvalue weighted by molar-refractivity contribution is -0.145. The third-order valence-corrected chi connectivity index (χ3v) is 4.15. The van der Waals surface area contributed by atoms with Gasteiger partial charge in [-0.3, -0.25) is 19.2 Å². The first-order chi connectivity index (χ1) is 13.8. The van der Waals surface area contributed by atoms with E-state index in [1.165, 1.54) is 6.92 Å². The van der Waals surface area contributed by atoms with Crippen molar-refractivity contribution in [2.75, 3.05) is 6.61 Å². The minimum Gasteiger partial charge on any atom is -0.480 e. The van der Waals surface area contributed by atoms with Crippen LogP contribution in [-0.2, 0) is 24.0 Å². The molecule has 5 unspecified atom stereocenters. The number of carboxylic acid groups (broad SMARTS) is 1. The molecular formula is C17H31N5O8. The van der Waals surface area contributed by atoms with Gasteiger partial charge in [-0.1, -0.05) is 13.8 Å². The molecule has 30 heavy (non-hydrogen) atoms. The molecule has 0 aliphatic carbocycles. The number of nitrogens with one attached hydrogen (secondary N) is 3. The fourth-order valence-electron chi connectivity index (χ4n) is 2.32.